The van der Waals surface area contributed by atoms with Gasteiger partial charge in [0.1, 0.15) is 0 Å². The molecule has 0 heterocycles. The van der Waals surface area contributed by atoms with E-state index in [1.165, 1.54) is 0 Å². The largest absolute Gasteiger partial charge is 0.394 e. The molecule has 0 fully saturated rings. The van der Waals surface area contributed by atoms with Crippen LogP contribution < -0.4 is 11.1 Å². The lowest BCUT2D eigenvalue weighted by Crippen LogP contribution is -2.28. The van der Waals surface area contributed by atoms with Crippen molar-refractivity contribution in [3.63, 3.8) is 0 Å². The van der Waals surface area contributed by atoms with Gasteiger partial charge in [-0.2, -0.15) is 0 Å². The van der Waals surface area contributed by atoms with Crippen molar-refractivity contribution in [3.05, 3.63) is 28.2 Å². The summed E-state index contributed by atoms with van der Waals surface area (Å²) >= 11 is 3.40. The minimum absolute atomic E-state index is 0.118. The van der Waals surface area contributed by atoms with Gasteiger partial charge < -0.3 is 21.3 Å². The van der Waals surface area contributed by atoms with Crippen molar-refractivity contribution in [3.8, 4) is 0 Å². The third kappa shape index (κ3) is 3.17. The van der Waals surface area contributed by atoms with Gasteiger partial charge >= 0.3 is 0 Å². The van der Waals surface area contributed by atoms with Crippen molar-refractivity contribution in [2.75, 3.05) is 18.5 Å². The lowest BCUT2D eigenvalue weighted by molar-refractivity contribution is 0.204. The minimum atomic E-state index is -0.357. The fourth-order valence-corrected chi connectivity index (χ4v) is 1.80. The number of halogens is 1. The zero-order chi connectivity index (χ0) is 11.3. The predicted octanol–water partition coefficient (Wildman–Crippen LogP) is 0.673. The molecule has 1 aromatic carbocycles. The third-order valence-corrected chi connectivity index (χ3v) is 2.87. The van der Waals surface area contributed by atoms with Crippen LogP contribution in [0.5, 0.6) is 0 Å². The molecule has 84 valence electrons. The van der Waals surface area contributed by atoms with Gasteiger partial charge in [-0.3, -0.25) is 0 Å². The number of anilines is 1. The molecule has 5 N–H and O–H groups in total. The Morgan fingerprint density at radius 2 is 2.00 bits per heavy atom. The van der Waals surface area contributed by atoms with Crippen molar-refractivity contribution in [2.24, 2.45) is 5.73 Å². The molecule has 0 aliphatic rings. The first-order chi connectivity index (χ1) is 7.22. The van der Waals surface area contributed by atoms with Gasteiger partial charge in [0.25, 0.3) is 0 Å². The molecule has 0 unspecified atom stereocenters. The quantitative estimate of drug-likeness (QED) is 0.637. The standard InChI is InChI=1S/C10H15BrN2O2/c11-9-2-1-3-10(8(9)4-12)13-7(5-14)6-15/h1-3,7,13-15H,4-6,12H2. The van der Waals surface area contributed by atoms with Crippen LogP contribution in [-0.2, 0) is 6.54 Å². The molecule has 4 nitrogen and oxygen atoms in total. The van der Waals surface area contributed by atoms with E-state index in [4.69, 9.17) is 15.9 Å². The summed E-state index contributed by atoms with van der Waals surface area (Å²) in [6.07, 6.45) is 0. The van der Waals surface area contributed by atoms with E-state index in [-0.39, 0.29) is 19.3 Å². The summed E-state index contributed by atoms with van der Waals surface area (Å²) in [6.45, 7) is 0.160. The highest BCUT2D eigenvalue weighted by atomic mass is 79.9. The Morgan fingerprint density at radius 1 is 1.33 bits per heavy atom. The molecule has 0 atom stereocenters. The van der Waals surface area contributed by atoms with Crippen LogP contribution in [0.4, 0.5) is 5.69 Å². The van der Waals surface area contributed by atoms with Crippen LogP contribution in [0.3, 0.4) is 0 Å². The molecule has 0 aliphatic carbocycles. The minimum Gasteiger partial charge on any atom is -0.394 e. The van der Waals surface area contributed by atoms with E-state index in [1.807, 2.05) is 18.2 Å². The van der Waals surface area contributed by atoms with E-state index in [0.717, 1.165) is 15.7 Å². The Hall–Kier alpha value is -0.620. The number of benzene rings is 1. The monoisotopic (exact) mass is 274 g/mol. The molecule has 1 rings (SSSR count). The average Bonchev–Trinajstić information content (AvgIpc) is 2.26. The fourth-order valence-electron chi connectivity index (χ4n) is 1.27. The van der Waals surface area contributed by atoms with E-state index < -0.39 is 0 Å². The van der Waals surface area contributed by atoms with Crippen LogP contribution in [0.2, 0.25) is 0 Å². The van der Waals surface area contributed by atoms with Gasteiger partial charge in [-0.15, -0.1) is 0 Å². The van der Waals surface area contributed by atoms with E-state index in [1.54, 1.807) is 0 Å². The summed E-state index contributed by atoms with van der Waals surface area (Å²) in [7, 11) is 0. The first-order valence-corrected chi connectivity index (χ1v) is 5.48. The number of rotatable bonds is 5. The van der Waals surface area contributed by atoms with Gasteiger partial charge in [0.2, 0.25) is 0 Å². The number of nitrogens with one attached hydrogen (secondary N) is 1. The first kappa shape index (κ1) is 12.4. The topological polar surface area (TPSA) is 78.5 Å². The zero-order valence-corrected chi connectivity index (χ0v) is 9.87. The molecule has 0 aromatic heterocycles. The Kier molecular flexibility index (Phi) is 5.04. The van der Waals surface area contributed by atoms with E-state index in [0.29, 0.717) is 6.54 Å². The second kappa shape index (κ2) is 6.07. The number of aliphatic hydroxyl groups is 2. The maximum Gasteiger partial charge on any atom is 0.0723 e. The molecular formula is C10H15BrN2O2. The summed E-state index contributed by atoms with van der Waals surface area (Å²) in [4.78, 5) is 0. The SMILES string of the molecule is NCc1c(Br)cccc1NC(CO)CO. The van der Waals surface area contributed by atoms with Crippen LogP contribution >= 0.6 is 15.9 Å². The van der Waals surface area contributed by atoms with Crippen molar-refractivity contribution >= 4 is 21.6 Å². The van der Waals surface area contributed by atoms with Crippen LogP contribution in [0.25, 0.3) is 0 Å². The highest BCUT2D eigenvalue weighted by Crippen LogP contribution is 2.24. The average molecular weight is 275 g/mol. The van der Waals surface area contributed by atoms with Gasteiger partial charge in [-0.1, -0.05) is 22.0 Å². The second-order valence-corrected chi connectivity index (χ2v) is 4.03. The Morgan fingerprint density at radius 3 is 2.53 bits per heavy atom. The molecule has 0 aliphatic heterocycles. The molecule has 1 aromatic rings. The Balaban J connectivity index is 2.88. The lowest BCUT2D eigenvalue weighted by Gasteiger charge is -2.18. The van der Waals surface area contributed by atoms with Gasteiger partial charge in [0.15, 0.2) is 0 Å². The number of nitrogens with two attached hydrogens (primary N) is 1. The van der Waals surface area contributed by atoms with Gasteiger partial charge in [0, 0.05) is 22.3 Å². The highest BCUT2D eigenvalue weighted by Gasteiger charge is 2.09. The lowest BCUT2D eigenvalue weighted by atomic mass is 10.1. The van der Waals surface area contributed by atoms with Crippen LogP contribution in [-0.4, -0.2) is 29.5 Å². The zero-order valence-electron chi connectivity index (χ0n) is 8.28. The molecule has 0 bridgehead atoms. The van der Waals surface area contributed by atoms with Crippen molar-refractivity contribution in [1.82, 2.24) is 0 Å². The summed E-state index contributed by atoms with van der Waals surface area (Å²) in [6, 6.07) is 5.28. The summed E-state index contributed by atoms with van der Waals surface area (Å²) in [5.74, 6) is 0. The maximum absolute atomic E-state index is 8.95. The van der Waals surface area contributed by atoms with Crippen molar-refractivity contribution in [2.45, 2.75) is 12.6 Å². The van der Waals surface area contributed by atoms with E-state index >= 15 is 0 Å². The predicted molar refractivity (Wildman–Crippen MR) is 63.6 cm³/mol. The molecule has 0 amide bonds. The molecule has 0 saturated heterocycles. The molecule has 0 radical (unpaired) electrons. The fraction of sp³-hybridized carbons (Fsp3) is 0.400. The first-order valence-electron chi connectivity index (χ1n) is 4.68. The summed E-state index contributed by atoms with van der Waals surface area (Å²) in [5, 5.41) is 20.9. The normalized spacial score (nSPS) is 10.7. The van der Waals surface area contributed by atoms with E-state index in [9.17, 15) is 0 Å². The molecule has 0 spiro atoms. The van der Waals surface area contributed by atoms with Crippen LogP contribution in [0.15, 0.2) is 22.7 Å². The smallest absolute Gasteiger partial charge is 0.0723 e. The van der Waals surface area contributed by atoms with Crippen molar-refractivity contribution in [1.29, 1.82) is 0 Å². The molecule has 0 saturated carbocycles. The van der Waals surface area contributed by atoms with Crippen LogP contribution in [0, 0.1) is 0 Å². The Bertz CT molecular complexity index is 316. The molecule has 5 heteroatoms. The Labute approximate surface area is 97.2 Å². The number of hydrogen-bond acceptors (Lipinski definition) is 4. The van der Waals surface area contributed by atoms with Crippen LogP contribution in [0.1, 0.15) is 5.56 Å². The summed E-state index contributed by atoms with van der Waals surface area (Å²) < 4.78 is 0.921. The number of aliphatic hydroxyl groups excluding tert-OH is 2. The highest BCUT2D eigenvalue weighted by molar-refractivity contribution is 9.10. The number of hydrogen-bond donors (Lipinski definition) is 4. The summed E-state index contributed by atoms with van der Waals surface area (Å²) in [5.41, 5.74) is 7.38. The molecule has 15 heavy (non-hydrogen) atoms. The third-order valence-electron chi connectivity index (χ3n) is 2.12. The van der Waals surface area contributed by atoms with Gasteiger partial charge in [0.05, 0.1) is 19.3 Å². The van der Waals surface area contributed by atoms with Crippen molar-refractivity contribution < 1.29 is 10.2 Å². The van der Waals surface area contributed by atoms with E-state index in [2.05, 4.69) is 21.2 Å². The molecular weight excluding hydrogens is 260 g/mol. The van der Waals surface area contributed by atoms with Gasteiger partial charge in [-0.05, 0) is 12.1 Å². The maximum atomic E-state index is 8.95. The van der Waals surface area contributed by atoms with Gasteiger partial charge in [-0.25, -0.2) is 0 Å². The second-order valence-electron chi connectivity index (χ2n) is 3.18.